The summed E-state index contributed by atoms with van der Waals surface area (Å²) in [6, 6.07) is 12.9. The molecule has 0 saturated carbocycles. The van der Waals surface area contributed by atoms with E-state index in [1.165, 1.54) is 40.4 Å². The van der Waals surface area contributed by atoms with E-state index in [0.717, 1.165) is 5.56 Å². The molecule has 1 aliphatic heterocycles. The number of ether oxygens (including phenoxy) is 1. The van der Waals surface area contributed by atoms with Crippen LogP contribution in [0.3, 0.4) is 0 Å². The molecule has 0 spiro atoms. The molecule has 0 radical (unpaired) electrons. The lowest BCUT2D eigenvalue weighted by atomic mass is 9.99. The van der Waals surface area contributed by atoms with E-state index in [1.807, 2.05) is 18.2 Å². The molecule has 37 heavy (non-hydrogen) atoms. The van der Waals surface area contributed by atoms with E-state index in [2.05, 4.69) is 25.0 Å². The van der Waals surface area contributed by atoms with Gasteiger partial charge in [0.05, 0.1) is 24.1 Å². The van der Waals surface area contributed by atoms with Gasteiger partial charge in [0.15, 0.2) is 11.2 Å². The van der Waals surface area contributed by atoms with Gasteiger partial charge >= 0.3 is 5.97 Å². The van der Waals surface area contributed by atoms with Gasteiger partial charge in [-0.2, -0.15) is 4.31 Å². The van der Waals surface area contributed by atoms with Gasteiger partial charge in [0.2, 0.25) is 10.0 Å². The number of aromatic amines is 1. The fourth-order valence-electron chi connectivity index (χ4n) is 4.38. The van der Waals surface area contributed by atoms with E-state index in [1.54, 1.807) is 6.07 Å². The molecule has 0 bridgehead atoms. The lowest BCUT2D eigenvalue weighted by Gasteiger charge is -2.31. The maximum Gasteiger partial charge on any atom is 0.337 e. The summed E-state index contributed by atoms with van der Waals surface area (Å²) >= 11 is 6.28. The third-order valence-electron chi connectivity index (χ3n) is 6.35. The van der Waals surface area contributed by atoms with Crippen LogP contribution in [-0.2, 0) is 21.3 Å². The number of fused-ring (bicyclic) bond motifs is 1. The number of esters is 1. The first-order chi connectivity index (χ1) is 17.8. The Bertz CT molecular complexity index is 1630. The molecule has 4 aromatic rings. The number of piperidine rings is 1. The van der Waals surface area contributed by atoms with Crippen LogP contribution in [-0.4, -0.2) is 63.9 Å². The van der Waals surface area contributed by atoms with Gasteiger partial charge in [-0.15, -0.1) is 5.10 Å². The number of hydrogen-bond donors (Lipinski definition) is 1. The Hall–Kier alpha value is -3.61. The molecule has 13 heteroatoms. The van der Waals surface area contributed by atoms with Gasteiger partial charge in [-0.3, -0.25) is 4.79 Å². The number of carbonyl (C=O) groups is 1. The maximum atomic E-state index is 13.3. The molecule has 2 aromatic carbocycles. The Kier molecular flexibility index (Phi) is 6.80. The first kappa shape index (κ1) is 25.1. The summed E-state index contributed by atoms with van der Waals surface area (Å²) < 4.78 is 34.2. The quantitative estimate of drug-likeness (QED) is 0.367. The Balaban J connectivity index is 1.42. The van der Waals surface area contributed by atoms with Crippen molar-refractivity contribution in [3.05, 3.63) is 80.9 Å². The number of rotatable bonds is 6. The molecule has 11 nitrogen and oxygen atoms in total. The van der Waals surface area contributed by atoms with E-state index in [-0.39, 0.29) is 35.0 Å². The lowest BCUT2D eigenvalue weighted by Crippen LogP contribution is -2.39. The highest BCUT2D eigenvalue weighted by molar-refractivity contribution is 7.89. The smallest absolute Gasteiger partial charge is 0.337 e. The second kappa shape index (κ2) is 10.0. The lowest BCUT2D eigenvalue weighted by molar-refractivity contribution is 0.0600. The number of methoxy groups -OCH3 is 1. The molecular formula is C24H23ClN6O5S. The number of nitrogens with zero attached hydrogens (tertiary/aromatic N) is 5. The Morgan fingerprint density at radius 2 is 1.95 bits per heavy atom. The maximum absolute atomic E-state index is 13.3. The highest BCUT2D eigenvalue weighted by Gasteiger charge is 2.32. The van der Waals surface area contributed by atoms with Crippen LogP contribution in [0.25, 0.3) is 11.2 Å². The third-order valence-corrected chi connectivity index (χ3v) is 8.60. The molecule has 1 aliphatic rings. The summed E-state index contributed by atoms with van der Waals surface area (Å²) in [5, 5.41) is 8.62. The molecule has 2 aromatic heterocycles. The average molecular weight is 543 g/mol. The van der Waals surface area contributed by atoms with Gasteiger partial charge in [-0.25, -0.2) is 22.9 Å². The van der Waals surface area contributed by atoms with Crippen molar-refractivity contribution in [1.82, 2.24) is 29.3 Å². The fraction of sp³-hybridized carbons (Fsp3) is 0.292. The van der Waals surface area contributed by atoms with Crippen LogP contribution < -0.4 is 5.56 Å². The summed E-state index contributed by atoms with van der Waals surface area (Å²) in [4.78, 5) is 31.9. The van der Waals surface area contributed by atoms with Crippen LogP contribution >= 0.6 is 11.6 Å². The Morgan fingerprint density at radius 1 is 1.19 bits per heavy atom. The standard InChI is InChI=1S/C24H23ClN6O5S/c1-36-24(33)15-8-10-18(11-9-15)37(34,35)30-12-4-6-17(13-30)21-26-22-20(23(32)27-21)28-29-31(22)14-16-5-2-3-7-19(16)25/h2-3,5,7-11,17H,4,6,12-14H2,1H3,(H,26,27,32)/t17-/m1/s1. The van der Waals surface area contributed by atoms with E-state index in [0.29, 0.717) is 35.9 Å². The van der Waals surface area contributed by atoms with Crippen LogP contribution in [0.5, 0.6) is 0 Å². The van der Waals surface area contributed by atoms with E-state index < -0.39 is 21.6 Å². The van der Waals surface area contributed by atoms with Gasteiger partial charge in [-0.1, -0.05) is 35.0 Å². The molecule has 5 rings (SSSR count). The van der Waals surface area contributed by atoms with Crippen LogP contribution in [0.15, 0.2) is 58.2 Å². The number of nitrogens with one attached hydrogen (secondary N) is 1. The van der Waals surface area contributed by atoms with Gasteiger partial charge in [0.25, 0.3) is 5.56 Å². The first-order valence-electron chi connectivity index (χ1n) is 11.5. The second-order valence-electron chi connectivity index (χ2n) is 8.68. The zero-order chi connectivity index (χ0) is 26.2. The highest BCUT2D eigenvalue weighted by atomic mass is 35.5. The topological polar surface area (TPSA) is 140 Å². The van der Waals surface area contributed by atoms with Gasteiger partial charge in [0, 0.05) is 24.0 Å². The van der Waals surface area contributed by atoms with Crippen molar-refractivity contribution in [3.63, 3.8) is 0 Å². The van der Waals surface area contributed by atoms with Crippen LogP contribution in [0.4, 0.5) is 0 Å². The number of H-pyrrole nitrogens is 1. The molecule has 1 fully saturated rings. The first-order valence-corrected chi connectivity index (χ1v) is 13.3. The van der Waals surface area contributed by atoms with Crippen molar-refractivity contribution >= 4 is 38.8 Å². The predicted molar refractivity (Wildman–Crippen MR) is 135 cm³/mol. The van der Waals surface area contributed by atoms with E-state index in [4.69, 9.17) is 11.6 Å². The molecule has 0 aliphatic carbocycles. The Morgan fingerprint density at radius 3 is 2.68 bits per heavy atom. The van der Waals surface area contributed by atoms with Crippen molar-refractivity contribution in [2.45, 2.75) is 30.2 Å². The summed E-state index contributed by atoms with van der Waals surface area (Å²) in [6.07, 6.45) is 1.23. The number of aromatic nitrogens is 5. The van der Waals surface area contributed by atoms with Crippen molar-refractivity contribution in [1.29, 1.82) is 0 Å². The normalized spacial score (nSPS) is 16.6. The molecule has 1 N–H and O–H groups in total. The molecule has 1 saturated heterocycles. The van der Waals surface area contributed by atoms with Crippen molar-refractivity contribution in [2.24, 2.45) is 0 Å². The van der Waals surface area contributed by atoms with Gasteiger partial charge < -0.3 is 9.72 Å². The van der Waals surface area contributed by atoms with Crippen molar-refractivity contribution in [2.75, 3.05) is 20.2 Å². The number of halogens is 1. The zero-order valence-electron chi connectivity index (χ0n) is 19.8. The van der Waals surface area contributed by atoms with Crippen LogP contribution in [0.1, 0.15) is 40.5 Å². The zero-order valence-corrected chi connectivity index (χ0v) is 21.4. The number of hydrogen-bond acceptors (Lipinski definition) is 8. The average Bonchev–Trinajstić information content (AvgIpc) is 3.33. The number of carbonyl (C=O) groups excluding carboxylic acids is 1. The molecule has 3 heterocycles. The largest absolute Gasteiger partial charge is 0.465 e. The molecule has 1 atom stereocenters. The van der Waals surface area contributed by atoms with Crippen LogP contribution in [0, 0.1) is 0 Å². The minimum atomic E-state index is -3.83. The minimum absolute atomic E-state index is 0.0692. The minimum Gasteiger partial charge on any atom is -0.465 e. The molecular weight excluding hydrogens is 520 g/mol. The Labute approximate surface area is 217 Å². The number of benzene rings is 2. The highest BCUT2D eigenvalue weighted by Crippen LogP contribution is 2.29. The monoisotopic (exact) mass is 542 g/mol. The predicted octanol–water partition coefficient (Wildman–Crippen LogP) is 2.57. The van der Waals surface area contributed by atoms with Crippen LogP contribution in [0.2, 0.25) is 5.02 Å². The van der Waals surface area contributed by atoms with Crippen molar-refractivity contribution in [3.8, 4) is 0 Å². The van der Waals surface area contributed by atoms with Gasteiger partial charge in [0.1, 0.15) is 5.82 Å². The third kappa shape index (κ3) is 4.87. The van der Waals surface area contributed by atoms with E-state index in [9.17, 15) is 18.0 Å². The molecule has 0 amide bonds. The summed E-state index contributed by atoms with van der Waals surface area (Å²) in [5.74, 6) is -0.504. The van der Waals surface area contributed by atoms with Gasteiger partial charge in [-0.05, 0) is 48.7 Å². The SMILES string of the molecule is COC(=O)c1ccc(S(=O)(=O)N2CCC[C@@H](c3nc4c(nnn4Cc4ccccc4Cl)c(=O)[nH]3)C2)cc1. The molecule has 0 unspecified atom stereocenters. The summed E-state index contributed by atoms with van der Waals surface area (Å²) in [5.41, 5.74) is 1.02. The molecule has 192 valence electrons. The summed E-state index contributed by atoms with van der Waals surface area (Å²) in [7, 11) is -2.57. The fourth-order valence-corrected chi connectivity index (χ4v) is 6.10. The number of sulfonamides is 1. The van der Waals surface area contributed by atoms with E-state index >= 15 is 0 Å². The summed E-state index contributed by atoms with van der Waals surface area (Å²) in [6.45, 7) is 0.747. The second-order valence-corrected chi connectivity index (χ2v) is 11.0. The van der Waals surface area contributed by atoms with Crippen molar-refractivity contribution < 1.29 is 17.9 Å².